The molecule has 10 heavy (non-hydrogen) atoms. The molecular formula is C5H10ClNO2S. The molecule has 0 radical (unpaired) electrons. The van der Waals surface area contributed by atoms with Crippen LogP contribution < -0.4 is 0 Å². The maximum absolute atomic E-state index is 10.7. The Morgan fingerprint density at radius 3 is 2.10 bits per heavy atom. The van der Waals surface area contributed by atoms with E-state index in [2.05, 4.69) is 0 Å². The van der Waals surface area contributed by atoms with E-state index in [1.807, 2.05) is 0 Å². The van der Waals surface area contributed by atoms with Crippen LogP contribution in [0.4, 0.5) is 0 Å². The first-order valence-electron chi connectivity index (χ1n) is 3.19. The van der Waals surface area contributed by atoms with E-state index in [1.54, 1.807) is 0 Å². The van der Waals surface area contributed by atoms with Crippen LogP contribution in [0.2, 0.25) is 0 Å². The summed E-state index contributed by atoms with van der Waals surface area (Å²) in [6, 6.07) is 0.155. The summed E-state index contributed by atoms with van der Waals surface area (Å²) >= 11 is 0. The predicted molar refractivity (Wildman–Crippen MR) is 40.2 cm³/mol. The Balaban J connectivity index is 2.56. The molecule has 5 heteroatoms. The molecule has 1 saturated carbocycles. The summed E-state index contributed by atoms with van der Waals surface area (Å²) in [5.74, 6) is 0. The first-order chi connectivity index (χ1) is 4.52. The smallest absolute Gasteiger partial charge is 0.195 e. The van der Waals surface area contributed by atoms with E-state index in [-0.39, 0.29) is 6.04 Å². The van der Waals surface area contributed by atoms with Crippen molar-refractivity contribution in [1.29, 1.82) is 0 Å². The molecule has 0 atom stereocenters. The lowest BCUT2D eigenvalue weighted by Gasteiger charge is -2.31. The highest BCUT2D eigenvalue weighted by Crippen LogP contribution is 2.26. The minimum absolute atomic E-state index is 0.155. The molecule has 0 aliphatic heterocycles. The van der Waals surface area contributed by atoms with Gasteiger partial charge in [0, 0.05) is 23.8 Å². The third-order valence-electron chi connectivity index (χ3n) is 1.93. The number of hydrogen-bond acceptors (Lipinski definition) is 2. The van der Waals surface area contributed by atoms with Crippen LogP contribution in [0.25, 0.3) is 0 Å². The first kappa shape index (κ1) is 8.30. The van der Waals surface area contributed by atoms with Crippen molar-refractivity contribution >= 4 is 19.9 Å². The Hall–Kier alpha value is 0.200. The highest BCUT2D eigenvalue weighted by atomic mass is 35.7. The summed E-state index contributed by atoms with van der Waals surface area (Å²) in [5, 5.41) is 0. The zero-order chi connectivity index (χ0) is 7.78. The standard InChI is InChI=1S/C5H10ClNO2S/c1-7(10(6,8)9)5-3-2-4-5/h5H,2-4H2,1H3. The van der Waals surface area contributed by atoms with Gasteiger partial charge in [-0.15, -0.1) is 0 Å². The Kier molecular flexibility index (Phi) is 2.22. The highest BCUT2D eigenvalue weighted by Gasteiger charge is 2.28. The monoisotopic (exact) mass is 183 g/mol. The normalized spacial score (nSPS) is 21.1. The zero-order valence-electron chi connectivity index (χ0n) is 5.75. The van der Waals surface area contributed by atoms with Crippen LogP contribution in [-0.2, 0) is 9.24 Å². The second kappa shape index (κ2) is 2.68. The first-order valence-corrected chi connectivity index (χ1v) is 5.46. The van der Waals surface area contributed by atoms with E-state index >= 15 is 0 Å². The van der Waals surface area contributed by atoms with Crippen molar-refractivity contribution in [3.63, 3.8) is 0 Å². The van der Waals surface area contributed by atoms with E-state index in [0.717, 1.165) is 19.3 Å². The number of halogens is 1. The second-order valence-electron chi connectivity index (χ2n) is 2.54. The van der Waals surface area contributed by atoms with Gasteiger partial charge in [0.25, 0.3) is 9.24 Å². The van der Waals surface area contributed by atoms with Crippen LogP contribution in [-0.4, -0.2) is 25.8 Å². The minimum Gasteiger partial charge on any atom is -0.195 e. The molecule has 0 unspecified atom stereocenters. The molecule has 0 heterocycles. The maximum atomic E-state index is 10.7. The number of nitrogens with zero attached hydrogens (tertiary/aromatic N) is 1. The Morgan fingerprint density at radius 1 is 1.50 bits per heavy atom. The molecule has 1 aliphatic carbocycles. The molecule has 0 aromatic carbocycles. The van der Waals surface area contributed by atoms with Crippen LogP contribution in [0, 0.1) is 0 Å². The fourth-order valence-electron chi connectivity index (χ4n) is 0.928. The molecule has 3 nitrogen and oxygen atoms in total. The topological polar surface area (TPSA) is 37.4 Å². The summed E-state index contributed by atoms with van der Waals surface area (Å²) in [4.78, 5) is 0. The molecule has 1 aliphatic rings. The van der Waals surface area contributed by atoms with Gasteiger partial charge in [-0.25, -0.2) is 0 Å². The molecule has 0 bridgehead atoms. The molecule has 0 spiro atoms. The number of rotatable bonds is 2. The summed E-state index contributed by atoms with van der Waals surface area (Å²) in [5.41, 5.74) is 0. The Bertz CT molecular complexity index is 210. The highest BCUT2D eigenvalue weighted by molar-refractivity contribution is 8.11. The maximum Gasteiger partial charge on any atom is 0.299 e. The van der Waals surface area contributed by atoms with Crippen LogP contribution in [0.5, 0.6) is 0 Å². The molecule has 1 rings (SSSR count). The van der Waals surface area contributed by atoms with Crippen LogP contribution in [0.15, 0.2) is 0 Å². The van der Waals surface area contributed by atoms with Gasteiger partial charge in [-0.05, 0) is 12.8 Å². The summed E-state index contributed by atoms with van der Waals surface area (Å²) in [6.45, 7) is 0. The summed E-state index contributed by atoms with van der Waals surface area (Å²) in [7, 11) is 3.15. The molecular weight excluding hydrogens is 174 g/mol. The van der Waals surface area contributed by atoms with Gasteiger partial charge in [-0.3, -0.25) is 0 Å². The van der Waals surface area contributed by atoms with Gasteiger partial charge in [-0.1, -0.05) is 6.42 Å². The molecule has 0 aromatic heterocycles. The van der Waals surface area contributed by atoms with E-state index < -0.39 is 9.24 Å². The lowest BCUT2D eigenvalue weighted by atomic mass is 9.94. The van der Waals surface area contributed by atoms with Gasteiger partial charge in [-0.2, -0.15) is 12.7 Å². The van der Waals surface area contributed by atoms with Crippen LogP contribution in [0.1, 0.15) is 19.3 Å². The SMILES string of the molecule is CN(C1CCC1)S(=O)(=O)Cl. The lowest BCUT2D eigenvalue weighted by molar-refractivity contribution is 0.253. The Morgan fingerprint density at radius 2 is 2.00 bits per heavy atom. The van der Waals surface area contributed by atoms with Crippen LogP contribution in [0.3, 0.4) is 0 Å². The zero-order valence-corrected chi connectivity index (χ0v) is 7.32. The molecule has 0 aromatic rings. The largest absolute Gasteiger partial charge is 0.299 e. The third-order valence-corrected chi connectivity index (χ3v) is 3.57. The number of hydrogen-bond donors (Lipinski definition) is 0. The van der Waals surface area contributed by atoms with Crippen molar-refractivity contribution in [2.45, 2.75) is 25.3 Å². The van der Waals surface area contributed by atoms with E-state index in [1.165, 1.54) is 11.4 Å². The van der Waals surface area contributed by atoms with Gasteiger partial charge in [0.1, 0.15) is 0 Å². The van der Waals surface area contributed by atoms with E-state index in [4.69, 9.17) is 10.7 Å². The van der Waals surface area contributed by atoms with Gasteiger partial charge in [0.05, 0.1) is 0 Å². The molecule has 1 fully saturated rings. The van der Waals surface area contributed by atoms with Crippen molar-refractivity contribution in [1.82, 2.24) is 4.31 Å². The van der Waals surface area contributed by atoms with Crippen molar-refractivity contribution in [2.24, 2.45) is 0 Å². The quantitative estimate of drug-likeness (QED) is 0.598. The van der Waals surface area contributed by atoms with Crippen molar-refractivity contribution < 1.29 is 8.42 Å². The summed E-state index contributed by atoms with van der Waals surface area (Å²) in [6.07, 6.45) is 3.01. The van der Waals surface area contributed by atoms with E-state index in [9.17, 15) is 8.42 Å². The van der Waals surface area contributed by atoms with Gasteiger partial charge < -0.3 is 0 Å². The fourth-order valence-corrected chi connectivity index (χ4v) is 1.83. The summed E-state index contributed by atoms with van der Waals surface area (Å²) < 4.78 is 22.5. The van der Waals surface area contributed by atoms with Gasteiger partial charge in [0.2, 0.25) is 0 Å². The predicted octanol–water partition coefficient (Wildman–Crippen LogP) is 0.954. The van der Waals surface area contributed by atoms with Crippen molar-refractivity contribution in [2.75, 3.05) is 7.05 Å². The minimum atomic E-state index is -3.46. The average Bonchev–Trinajstić information content (AvgIpc) is 1.57. The third kappa shape index (κ3) is 1.62. The molecule has 0 saturated heterocycles. The average molecular weight is 184 g/mol. The van der Waals surface area contributed by atoms with Gasteiger partial charge >= 0.3 is 0 Å². The fraction of sp³-hybridized carbons (Fsp3) is 1.00. The Labute approximate surface area is 65.5 Å². The lowest BCUT2D eigenvalue weighted by Crippen LogP contribution is -2.38. The molecule has 0 N–H and O–H groups in total. The van der Waals surface area contributed by atoms with Crippen molar-refractivity contribution in [3.8, 4) is 0 Å². The molecule has 60 valence electrons. The van der Waals surface area contributed by atoms with Crippen molar-refractivity contribution in [3.05, 3.63) is 0 Å². The molecule has 0 amide bonds. The van der Waals surface area contributed by atoms with E-state index in [0.29, 0.717) is 0 Å². The van der Waals surface area contributed by atoms with Crippen LogP contribution >= 0.6 is 10.7 Å². The second-order valence-corrected chi connectivity index (χ2v) is 5.11. The van der Waals surface area contributed by atoms with Gasteiger partial charge in [0.15, 0.2) is 0 Å².